The minimum absolute atomic E-state index is 0.517. The molecule has 0 aliphatic carbocycles. The zero-order valence-electron chi connectivity index (χ0n) is 10.5. The van der Waals surface area contributed by atoms with Crippen LogP contribution in [0.1, 0.15) is 5.56 Å². The average molecular weight is 280 g/mol. The van der Waals surface area contributed by atoms with E-state index >= 15 is 0 Å². The molecule has 20 heavy (non-hydrogen) atoms. The third kappa shape index (κ3) is 2.42. The van der Waals surface area contributed by atoms with Gasteiger partial charge in [-0.15, -0.1) is 0 Å². The van der Waals surface area contributed by atoms with Crippen molar-refractivity contribution < 1.29 is 0 Å². The Morgan fingerprint density at radius 1 is 1.10 bits per heavy atom. The average Bonchev–Trinajstić information content (AvgIpc) is 2.49. The molecule has 3 nitrogen and oxygen atoms in total. The maximum Gasteiger partial charge on any atom is 0.101 e. The van der Waals surface area contributed by atoms with E-state index < -0.39 is 0 Å². The Hall–Kier alpha value is -2.57. The number of benzene rings is 2. The van der Waals surface area contributed by atoms with Crippen LogP contribution in [0.2, 0.25) is 5.02 Å². The van der Waals surface area contributed by atoms with Crippen LogP contribution in [-0.2, 0) is 0 Å². The second-order valence-electron chi connectivity index (χ2n) is 4.34. The fourth-order valence-electron chi connectivity index (χ4n) is 2.03. The third-order valence-corrected chi connectivity index (χ3v) is 3.22. The molecule has 1 aromatic heterocycles. The summed E-state index contributed by atoms with van der Waals surface area (Å²) in [4.78, 5) is 4.28. The first-order valence-corrected chi connectivity index (χ1v) is 6.45. The van der Waals surface area contributed by atoms with E-state index in [1.165, 1.54) is 0 Å². The highest BCUT2D eigenvalue weighted by molar-refractivity contribution is 6.30. The Bertz CT molecular complexity index is 821. The number of hydrogen-bond acceptors (Lipinski definition) is 3. The topological polar surface area (TPSA) is 48.7 Å². The van der Waals surface area contributed by atoms with E-state index in [-0.39, 0.29) is 0 Å². The van der Waals surface area contributed by atoms with E-state index in [2.05, 4.69) is 16.4 Å². The molecule has 0 radical (unpaired) electrons. The maximum atomic E-state index is 9.13. The van der Waals surface area contributed by atoms with Crippen molar-refractivity contribution in [2.75, 3.05) is 5.32 Å². The molecule has 3 rings (SSSR count). The van der Waals surface area contributed by atoms with Crippen LogP contribution in [0, 0.1) is 11.3 Å². The lowest BCUT2D eigenvalue weighted by atomic mass is 10.1. The zero-order chi connectivity index (χ0) is 13.9. The summed E-state index contributed by atoms with van der Waals surface area (Å²) in [6, 6.07) is 17.1. The molecule has 0 unspecified atom stereocenters. The normalized spacial score (nSPS) is 10.2. The molecule has 0 bridgehead atoms. The summed E-state index contributed by atoms with van der Waals surface area (Å²) in [5, 5.41) is 14.0. The highest BCUT2D eigenvalue weighted by Crippen LogP contribution is 2.25. The summed E-state index contributed by atoms with van der Waals surface area (Å²) < 4.78 is 0. The van der Waals surface area contributed by atoms with Crippen molar-refractivity contribution >= 4 is 33.9 Å². The lowest BCUT2D eigenvalue weighted by Crippen LogP contribution is -1.93. The Balaban J connectivity index is 1.99. The number of nitrogens with one attached hydrogen (secondary N) is 1. The standard InChI is InChI=1S/C16H10ClN3/c17-13-3-5-16(12(8-13)10-18)20-14-4-6-15-11(9-14)2-1-7-19-15/h1-9,20H. The molecule has 0 saturated carbocycles. The number of anilines is 2. The molecule has 1 heterocycles. The van der Waals surface area contributed by atoms with Gasteiger partial charge in [0, 0.05) is 22.3 Å². The van der Waals surface area contributed by atoms with Gasteiger partial charge >= 0.3 is 0 Å². The number of rotatable bonds is 2. The molecular formula is C16H10ClN3. The Morgan fingerprint density at radius 3 is 2.85 bits per heavy atom. The SMILES string of the molecule is N#Cc1cc(Cl)ccc1Nc1ccc2ncccc2c1. The van der Waals surface area contributed by atoms with Gasteiger partial charge < -0.3 is 5.32 Å². The van der Waals surface area contributed by atoms with E-state index in [4.69, 9.17) is 16.9 Å². The van der Waals surface area contributed by atoms with Gasteiger partial charge in [-0.25, -0.2) is 0 Å². The molecule has 2 aromatic carbocycles. The Labute approximate surface area is 121 Å². The minimum atomic E-state index is 0.517. The first kappa shape index (κ1) is 12.5. The van der Waals surface area contributed by atoms with Gasteiger partial charge in [0.05, 0.1) is 16.8 Å². The predicted molar refractivity (Wildman–Crippen MR) is 81.2 cm³/mol. The van der Waals surface area contributed by atoms with Gasteiger partial charge in [0.2, 0.25) is 0 Å². The Kier molecular flexibility index (Phi) is 3.24. The summed E-state index contributed by atoms with van der Waals surface area (Å²) in [6.07, 6.45) is 1.77. The molecule has 0 aliphatic heterocycles. The van der Waals surface area contributed by atoms with Crippen molar-refractivity contribution in [2.45, 2.75) is 0 Å². The molecule has 4 heteroatoms. The first-order chi connectivity index (χ1) is 9.76. The van der Waals surface area contributed by atoms with E-state index in [1.54, 1.807) is 24.4 Å². The van der Waals surface area contributed by atoms with Gasteiger partial charge in [-0.2, -0.15) is 5.26 Å². The van der Waals surface area contributed by atoms with Crippen molar-refractivity contribution in [3.63, 3.8) is 0 Å². The number of hydrogen-bond donors (Lipinski definition) is 1. The van der Waals surface area contributed by atoms with Gasteiger partial charge in [0.1, 0.15) is 6.07 Å². The zero-order valence-corrected chi connectivity index (χ0v) is 11.2. The molecule has 0 atom stereocenters. The maximum absolute atomic E-state index is 9.13. The lowest BCUT2D eigenvalue weighted by Gasteiger charge is -2.09. The van der Waals surface area contributed by atoms with Gasteiger partial charge in [-0.3, -0.25) is 4.98 Å². The molecule has 0 fully saturated rings. The molecular weight excluding hydrogens is 270 g/mol. The van der Waals surface area contributed by atoms with Crippen LogP contribution in [0.25, 0.3) is 10.9 Å². The van der Waals surface area contributed by atoms with Crippen LogP contribution in [0.4, 0.5) is 11.4 Å². The number of pyridine rings is 1. The Morgan fingerprint density at radius 2 is 2.00 bits per heavy atom. The number of nitrogens with zero attached hydrogens (tertiary/aromatic N) is 2. The van der Waals surface area contributed by atoms with Gasteiger partial charge in [0.15, 0.2) is 0 Å². The van der Waals surface area contributed by atoms with Crippen LogP contribution in [0.15, 0.2) is 54.7 Å². The molecule has 1 N–H and O–H groups in total. The third-order valence-electron chi connectivity index (χ3n) is 2.98. The van der Waals surface area contributed by atoms with Crippen LogP contribution >= 0.6 is 11.6 Å². The molecule has 0 saturated heterocycles. The molecule has 0 amide bonds. The lowest BCUT2D eigenvalue weighted by molar-refractivity contribution is 1.41. The summed E-state index contributed by atoms with van der Waals surface area (Å²) in [6.45, 7) is 0. The summed E-state index contributed by atoms with van der Waals surface area (Å²) in [5.74, 6) is 0. The number of halogens is 1. The van der Waals surface area contributed by atoms with Crippen LogP contribution in [0.5, 0.6) is 0 Å². The van der Waals surface area contributed by atoms with Crippen LogP contribution in [-0.4, -0.2) is 4.98 Å². The summed E-state index contributed by atoms with van der Waals surface area (Å²) >= 11 is 5.89. The number of nitriles is 1. The minimum Gasteiger partial charge on any atom is -0.354 e. The summed E-state index contributed by atoms with van der Waals surface area (Å²) in [7, 11) is 0. The van der Waals surface area contributed by atoms with Crippen molar-refractivity contribution in [1.29, 1.82) is 5.26 Å². The van der Waals surface area contributed by atoms with Crippen molar-refractivity contribution in [1.82, 2.24) is 4.98 Å². The second kappa shape index (κ2) is 5.20. The van der Waals surface area contributed by atoms with Gasteiger partial charge in [-0.1, -0.05) is 17.7 Å². The largest absolute Gasteiger partial charge is 0.354 e. The fraction of sp³-hybridized carbons (Fsp3) is 0. The van der Waals surface area contributed by atoms with Crippen molar-refractivity contribution in [3.8, 4) is 6.07 Å². The smallest absolute Gasteiger partial charge is 0.101 e. The second-order valence-corrected chi connectivity index (χ2v) is 4.77. The van der Waals surface area contributed by atoms with Crippen molar-refractivity contribution in [3.05, 3.63) is 65.3 Å². The molecule has 0 aliphatic rings. The quantitative estimate of drug-likeness (QED) is 0.751. The van der Waals surface area contributed by atoms with E-state index in [0.29, 0.717) is 10.6 Å². The van der Waals surface area contributed by atoms with E-state index in [9.17, 15) is 0 Å². The van der Waals surface area contributed by atoms with Gasteiger partial charge in [-0.05, 0) is 42.5 Å². The number of aromatic nitrogens is 1. The van der Waals surface area contributed by atoms with E-state index in [1.807, 2.05) is 30.3 Å². The summed E-state index contributed by atoms with van der Waals surface area (Å²) in [5.41, 5.74) is 3.10. The molecule has 96 valence electrons. The highest BCUT2D eigenvalue weighted by atomic mass is 35.5. The monoisotopic (exact) mass is 279 g/mol. The van der Waals surface area contributed by atoms with Crippen LogP contribution in [0.3, 0.4) is 0 Å². The molecule has 0 spiro atoms. The first-order valence-electron chi connectivity index (χ1n) is 6.08. The van der Waals surface area contributed by atoms with Crippen molar-refractivity contribution in [2.24, 2.45) is 0 Å². The van der Waals surface area contributed by atoms with Crippen LogP contribution < -0.4 is 5.32 Å². The van der Waals surface area contributed by atoms with E-state index in [0.717, 1.165) is 22.3 Å². The molecule has 3 aromatic rings. The number of fused-ring (bicyclic) bond motifs is 1. The van der Waals surface area contributed by atoms with Gasteiger partial charge in [0.25, 0.3) is 0 Å². The fourth-order valence-corrected chi connectivity index (χ4v) is 2.20. The predicted octanol–water partition coefficient (Wildman–Crippen LogP) is 4.50. The highest BCUT2D eigenvalue weighted by Gasteiger charge is 2.04.